The first-order valence-corrected chi connectivity index (χ1v) is 8.42. The maximum Gasteiger partial charge on any atom is 0.169 e. The predicted octanol–water partition coefficient (Wildman–Crippen LogP) is 1.08. The summed E-state index contributed by atoms with van der Waals surface area (Å²) in [7, 11) is 2.02. The molecular formula is C22H20IN3. The standard InChI is InChI=1S/C22H20N3.HI/c1-24-15-13-18(14-16-24)11-12-22-23-20-9-5-6-10-21(20)25(22)17-19-7-3-2-4-8-19;/h2-16H,17H2,1H3;1H/q+1;/p-1. The van der Waals surface area contributed by atoms with E-state index >= 15 is 0 Å². The zero-order valence-corrected chi connectivity index (χ0v) is 16.7. The number of hydrogen-bond donors (Lipinski definition) is 0. The topological polar surface area (TPSA) is 21.7 Å². The molecule has 0 aliphatic carbocycles. The Morgan fingerprint density at radius 1 is 0.885 bits per heavy atom. The summed E-state index contributed by atoms with van der Waals surface area (Å²) in [6, 6.07) is 23.0. The number of hydrogen-bond acceptors (Lipinski definition) is 1. The number of aromatic nitrogens is 3. The van der Waals surface area contributed by atoms with Crippen LogP contribution in [0.1, 0.15) is 17.0 Å². The van der Waals surface area contributed by atoms with Crippen LogP contribution >= 0.6 is 0 Å². The van der Waals surface area contributed by atoms with Gasteiger partial charge in [0.25, 0.3) is 0 Å². The van der Waals surface area contributed by atoms with E-state index in [4.69, 9.17) is 4.98 Å². The van der Waals surface area contributed by atoms with Crippen LogP contribution in [-0.4, -0.2) is 9.55 Å². The van der Waals surface area contributed by atoms with E-state index in [1.165, 1.54) is 5.56 Å². The lowest BCUT2D eigenvalue weighted by atomic mass is 10.2. The van der Waals surface area contributed by atoms with Crippen molar-refractivity contribution in [3.63, 3.8) is 0 Å². The van der Waals surface area contributed by atoms with E-state index in [1.807, 2.05) is 36.1 Å². The third kappa shape index (κ3) is 4.02. The van der Waals surface area contributed by atoms with Gasteiger partial charge in [-0.15, -0.1) is 0 Å². The highest BCUT2D eigenvalue weighted by Crippen LogP contribution is 2.19. The number of benzene rings is 2. The van der Waals surface area contributed by atoms with Gasteiger partial charge in [0.2, 0.25) is 0 Å². The van der Waals surface area contributed by atoms with Crippen LogP contribution in [0, 0.1) is 0 Å². The highest BCUT2D eigenvalue weighted by molar-refractivity contribution is 5.80. The van der Waals surface area contributed by atoms with Gasteiger partial charge in [0.05, 0.1) is 11.0 Å². The Bertz CT molecular complexity index is 1020. The first-order valence-electron chi connectivity index (χ1n) is 8.42. The van der Waals surface area contributed by atoms with E-state index in [9.17, 15) is 0 Å². The monoisotopic (exact) mass is 453 g/mol. The van der Waals surface area contributed by atoms with Crippen LogP contribution in [0.15, 0.2) is 79.1 Å². The van der Waals surface area contributed by atoms with Gasteiger partial charge >= 0.3 is 0 Å². The quantitative estimate of drug-likeness (QED) is 0.335. The van der Waals surface area contributed by atoms with Gasteiger partial charge in [-0.1, -0.05) is 48.5 Å². The van der Waals surface area contributed by atoms with Gasteiger partial charge in [-0.25, -0.2) is 9.55 Å². The van der Waals surface area contributed by atoms with Crippen LogP contribution in [0.3, 0.4) is 0 Å². The summed E-state index contributed by atoms with van der Waals surface area (Å²) in [4.78, 5) is 4.81. The van der Waals surface area contributed by atoms with Crippen molar-refractivity contribution in [1.29, 1.82) is 0 Å². The molecule has 0 saturated carbocycles. The summed E-state index contributed by atoms with van der Waals surface area (Å²) in [6.07, 6.45) is 8.31. The minimum Gasteiger partial charge on any atom is -1.00 e. The molecule has 0 unspecified atom stereocenters. The molecule has 2 aromatic heterocycles. The number of aryl methyl sites for hydroxylation is 1. The van der Waals surface area contributed by atoms with Crippen molar-refractivity contribution in [2.24, 2.45) is 7.05 Å². The normalized spacial score (nSPS) is 11.0. The molecule has 130 valence electrons. The average Bonchev–Trinajstić information content (AvgIpc) is 3.00. The summed E-state index contributed by atoms with van der Waals surface area (Å²) in [5.74, 6) is 0.971. The van der Waals surface area contributed by atoms with Crippen molar-refractivity contribution in [2.75, 3.05) is 0 Å². The van der Waals surface area contributed by atoms with Crippen molar-refractivity contribution in [2.45, 2.75) is 6.54 Å². The molecule has 3 nitrogen and oxygen atoms in total. The Morgan fingerprint density at radius 2 is 1.58 bits per heavy atom. The largest absolute Gasteiger partial charge is 1.00 e. The van der Waals surface area contributed by atoms with Crippen molar-refractivity contribution < 1.29 is 28.5 Å². The van der Waals surface area contributed by atoms with Crippen LogP contribution < -0.4 is 28.5 Å². The number of nitrogens with zero attached hydrogens (tertiary/aromatic N) is 3. The molecule has 0 atom stereocenters. The molecule has 4 aromatic rings. The third-order valence-electron chi connectivity index (χ3n) is 4.30. The first kappa shape index (κ1) is 18.3. The summed E-state index contributed by atoms with van der Waals surface area (Å²) in [5.41, 5.74) is 4.62. The Labute approximate surface area is 170 Å². The summed E-state index contributed by atoms with van der Waals surface area (Å²) < 4.78 is 4.30. The zero-order chi connectivity index (χ0) is 17.1. The van der Waals surface area contributed by atoms with Gasteiger partial charge in [-0.2, -0.15) is 0 Å². The van der Waals surface area contributed by atoms with Crippen molar-refractivity contribution in [3.05, 3.63) is 96.1 Å². The van der Waals surface area contributed by atoms with Gasteiger partial charge in [0, 0.05) is 18.7 Å². The van der Waals surface area contributed by atoms with Crippen LogP contribution in [0.25, 0.3) is 23.2 Å². The number of imidazole rings is 1. The lowest BCUT2D eigenvalue weighted by Gasteiger charge is -2.07. The second kappa shape index (κ2) is 8.27. The molecular weight excluding hydrogens is 433 g/mol. The summed E-state index contributed by atoms with van der Waals surface area (Å²) in [6.45, 7) is 0.810. The van der Waals surface area contributed by atoms with E-state index in [2.05, 4.69) is 71.3 Å². The van der Waals surface area contributed by atoms with Gasteiger partial charge in [-0.05, 0) is 29.3 Å². The van der Waals surface area contributed by atoms with E-state index in [-0.39, 0.29) is 24.0 Å². The Hall–Kier alpha value is -2.47. The Kier molecular flexibility index (Phi) is 5.83. The summed E-state index contributed by atoms with van der Waals surface area (Å²) >= 11 is 0. The molecule has 0 N–H and O–H groups in total. The average molecular weight is 453 g/mol. The van der Waals surface area contributed by atoms with Crippen molar-refractivity contribution in [3.8, 4) is 0 Å². The maximum absolute atomic E-state index is 4.81. The Balaban J connectivity index is 0.00000196. The van der Waals surface area contributed by atoms with Gasteiger partial charge in [0.15, 0.2) is 12.4 Å². The number of para-hydroxylation sites is 2. The second-order valence-corrected chi connectivity index (χ2v) is 6.16. The van der Waals surface area contributed by atoms with E-state index in [0.29, 0.717) is 0 Å². The molecule has 4 rings (SSSR count). The van der Waals surface area contributed by atoms with Crippen LogP contribution in [0.4, 0.5) is 0 Å². The molecule has 26 heavy (non-hydrogen) atoms. The first-order chi connectivity index (χ1) is 12.3. The Morgan fingerprint density at radius 3 is 2.35 bits per heavy atom. The molecule has 0 spiro atoms. The van der Waals surface area contributed by atoms with E-state index in [1.54, 1.807) is 0 Å². The van der Waals surface area contributed by atoms with Gasteiger partial charge in [-0.3, -0.25) is 0 Å². The number of halogens is 1. The fourth-order valence-corrected chi connectivity index (χ4v) is 2.95. The SMILES string of the molecule is C[n+]1ccc(/C=C/c2nc3ccccc3n2Cc2ccccc2)cc1.[I-]. The number of fused-ring (bicyclic) bond motifs is 1. The molecule has 0 saturated heterocycles. The smallest absolute Gasteiger partial charge is 0.169 e. The van der Waals surface area contributed by atoms with Gasteiger partial charge < -0.3 is 28.5 Å². The minimum atomic E-state index is 0. The fourth-order valence-electron chi connectivity index (χ4n) is 2.95. The van der Waals surface area contributed by atoms with E-state index in [0.717, 1.165) is 29.0 Å². The van der Waals surface area contributed by atoms with Crippen molar-refractivity contribution in [1.82, 2.24) is 9.55 Å². The lowest BCUT2D eigenvalue weighted by molar-refractivity contribution is -0.671. The molecule has 0 amide bonds. The van der Waals surface area contributed by atoms with Gasteiger partial charge in [0.1, 0.15) is 12.9 Å². The molecule has 2 heterocycles. The molecule has 0 radical (unpaired) electrons. The molecule has 0 fully saturated rings. The second-order valence-electron chi connectivity index (χ2n) is 6.16. The number of pyridine rings is 1. The molecule has 2 aromatic carbocycles. The zero-order valence-electron chi connectivity index (χ0n) is 14.6. The maximum atomic E-state index is 4.81. The van der Waals surface area contributed by atoms with E-state index < -0.39 is 0 Å². The van der Waals surface area contributed by atoms with Crippen molar-refractivity contribution >= 4 is 23.2 Å². The van der Waals surface area contributed by atoms with Crippen LogP contribution in [0.2, 0.25) is 0 Å². The highest BCUT2D eigenvalue weighted by atomic mass is 127. The fraction of sp³-hybridized carbons (Fsp3) is 0.0909. The summed E-state index contributed by atoms with van der Waals surface area (Å²) in [5, 5.41) is 0. The molecule has 0 aliphatic rings. The predicted molar refractivity (Wildman–Crippen MR) is 102 cm³/mol. The molecule has 4 heteroatoms. The van der Waals surface area contributed by atoms with Crippen LogP contribution in [-0.2, 0) is 13.6 Å². The number of rotatable bonds is 4. The lowest BCUT2D eigenvalue weighted by Crippen LogP contribution is -3.00. The molecule has 0 aliphatic heterocycles. The third-order valence-corrected chi connectivity index (χ3v) is 4.30. The minimum absolute atomic E-state index is 0. The highest BCUT2D eigenvalue weighted by Gasteiger charge is 2.08. The van der Waals surface area contributed by atoms with Crippen LogP contribution in [0.5, 0.6) is 0 Å². The molecule has 0 bridgehead atoms.